The summed E-state index contributed by atoms with van der Waals surface area (Å²) in [4.78, 5) is 12.3. The van der Waals surface area contributed by atoms with E-state index in [0.717, 1.165) is 0 Å². The zero-order chi connectivity index (χ0) is 17.7. The number of anilines is 1. The number of hydrogen-bond acceptors (Lipinski definition) is 4. The lowest BCUT2D eigenvalue weighted by atomic mass is 10.2. The van der Waals surface area contributed by atoms with E-state index in [1.54, 1.807) is 43.3 Å². The maximum absolute atomic E-state index is 12.3. The Bertz CT molecular complexity index is 714. The van der Waals surface area contributed by atoms with Crippen LogP contribution in [-0.2, 0) is 4.79 Å². The van der Waals surface area contributed by atoms with Gasteiger partial charge in [-0.3, -0.25) is 4.79 Å². The van der Waals surface area contributed by atoms with Crippen LogP contribution >= 0.6 is 23.2 Å². The molecule has 24 heavy (non-hydrogen) atoms. The van der Waals surface area contributed by atoms with E-state index in [-0.39, 0.29) is 5.91 Å². The van der Waals surface area contributed by atoms with Gasteiger partial charge in [0.25, 0.3) is 5.91 Å². The van der Waals surface area contributed by atoms with E-state index in [4.69, 9.17) is 37.4 Å². The Morgan fingerprint density at radius 3 is 2.12 bits per heavy atom. The first-order chi connectivity index (χ1) is 11.4. The van der Waals surface area contributed by atoms with Crippen LogP contribution in [0.2, 0.25) is 10.0 Å². The number of methoxy groups -OCH3 is 2. The van der Waals surface area contributed by atoms with E-state index in [9.17, 15) is 4.79 Å². The molecule has 0 aromatic heterocycles. The molecule has 5 nitrogen and oxygen atoms in total. The summed E-state index contributed by atoms with van der Waals surface area (Å²) in [5.74, 6) is 1.24. The molecule has 0 aliphatic rings. The van der Waals surface area contributed by atoms with E-state index in [2.05, 4.69) is 5.32 Å². The summed E-state index contributed by atoms with van der Waals surface area (Å²) in [6.45, 7) is 1.63. The quantitative estimate of drug-likeness (QED) is 0.818. The molecule has 0 fully saturated rings. The highest BCUT2D eigenvalue weighted by molar-refractivity contribution is 6.36. The number of nitrogens with one attached hydrogen (secondary N) is 1. The summed E-state index contributed by atoms with van der Waals surface area (Å²) >= 11 is 11.9. The fourth-order valence-electron chi connectivity index (χ4n) is 1.93. The van der Waals surface area contributed by atoms with Crippen molar-refractivity contribution < 1.29 is 19.0 Å². The Labute approximate surface area is 150 Å². The summed E-state index contributed by atoms with van der Waals surface area (Å²) in [7, 11) is 3.08. The predicted octanol–water partition coefficient (Wildman–Crippen LogP) is 4.42. The molecule has 0 radical (unpaired) electrons. The van der Waals surface area contributed by atoms with Crippen molar-refractivity contribution in [1.82, 2.24) is 0 Å². The molecule has 0 spiro atoms. The Kier molecular flexibility index (Phi) is 6.17. The van der Waals surface area contributed by atoms with Gasteiger partial charge in [0, 0.05) is 23.2 Å². The summed E-state index contributed by atoms with van der Waals surface area (Å²) in [6.07, 6.45) is -0.756. The highest BCUT2D eigenvalue weighted by Crippen LogP contribution is 2.29. The van der Waals surface area contributed by atoms with E-state index >= 15 is 0 Å². The van der Waals surface area contributed by atoms with Crippen LogP contribution in [0, 0.1) is 0 Å². The van der Waals surface area contributed by atoms with Crippen molar-refractivity contribution in [3.63, 3.8) is 0 Å². The van der Waals surface area contributed by atoms with Gasteiger partial charge in [-0.2, -0.15) is 0 Å². The normalized spacial score (nSPS) is 11.5. The third-order valence-corrected chi connectivity index (χ3v) is 3.74. The van der Waals surface area contributed by atoms with Gasteiger partial charge in [-0.15, -0.1) is 0 Å². The molecule has 2 aromatic carbocycles. The molecule has 1 amide bonds. The second-order valence-corrected chi connectivity index (χ2v) is 5.77. The average Bonchev–Trinajstić information content (AvgIpc) is 2.56. The molecule has 128 valence electrons. The molecule has 1 atom stereocenters. The van der Waals surface area contributed by atoms with Crippen LogP contribution in [0.4, 0.5) is 5.69 Å². The number of ether oxygens (including phenoxy) is 3. The second kappa shape index (κ2) is 8.13. The fourth-order valence-corrected chi connectivity index (χ4v) is 2.39. The highest BCUT2D eigenvalue weighted by atomic mass is 35.5. The molecule has 2 rings (SSSR count). The van der Waals surface area contributed by atoms with Crippen LogP contribution in [0.5, 0.6) is 17.2 Å². The van der Waals surface area contributed by atoms with E-state index in [0.29, 0.717) is 33.0 Å². The number of halogens is 2. The van der Waals surface area contributed by atoms with Gasteiger partial charge in [-0.25, -0.2) is 0 Å². The van der Waals surface area contributed by atoms with Gasteiger partial charge >= 0.3 is 0 Å². The first-order valence-electron chi connectivity index (χ1n) is 7.08. The maximum atomic E-state index is 12.3. The smallest absolute Gasteiger partial charge is 0.265 e. The molecular weight excluding hydrogens is 353 g/mol. The Balaban J connectivity index is 2.08. The van der Waals surface area contributed by atoms with Gasteiger partial charge in [-0.05, 0) is 25.1 Å². The van der Waals surface area contributed by atoms with Gasteiger partial charge in [-0.1, -0.05) is 23.2 Å². The molecule has 0 heterocycles. The summed E-state index contributed by atoms with van der Waals surface area (Å²) in [5, 5.41) is 3.54. The maximum Gasteiger partial charge on any atom is 0.265 e. The third kappa shape index (κ3) is 4.69. The summed E-state index contributed by atoms with van der Waals surface area (Å²) < 4.78 is 16.0. The lowest BCUT2D eigenvalue weighted by molar-refractivity contribution is -0.122. The van der Waals surface area contributed by atoms with Crippen molar-refractivity contribution in [2.75, 3.05) is 19.5 Å². The molecule has 1 N–H and O–H groups in total. The largest absolute Gasteiger partial charge is 0.496 e. The van der Waals surface area contributed by atoms with Crippen molar-refractivity contribution in [3.8, 4) is 17.2 Å². The number of rotatable bonds is 6. The topological polar surface area (TPSA) is 56.8 Å². The van der Waals surface area contributed by atoms with Crippen molar-refractivity contribution in [1.29, 1.82) is 0 Å². The lowest BCUT2D eigenvalue weighted by Crippen LogP contribution is -2.30. The second-order valence-electron chi connectivity index (χ2n) is 4.92. The Morgan fingerprint density at radius 1 is 1.00 bits per heavy atom. The predicted molar refractivity (Wildman–Crippen MR) is 94.7 cm³/mol. The minimum absolute atomic E-state index is 0.346. The van der Waals surface area contributed by atoms with Gasteiger partial charge in [0.1, 0.15) is 17.2 Å². The van der Waals surface area contributed by atoms with E-state index in [1.807, 2.05) is 0 Å². The first-order valence-corrected chi connectivity index (χ1v) is 7.84. The SMILES string of the molecule is COc1cc(OC)cc(O[C@@H](C)C(=O)Nc2ccc(Cl)cc2Cl)c1. The van der Waals surface area contributed by atoms with Crippen LogP contribution in [0.15, 0.2) is 36.4 Å². The lowest BCUT2D eigenvalue weighted by Gasteiger charge is -2.16. The van der Waals surface area contributed by atoms with Gasteiger partial charge in [0.15, 0.2) is 6.10 Å². The Hall–Kier alpha value is -2.11. The standard InChI is InChI=1S/C17H17Cl2NO4/c1-10(17(21)20-16-5-4-11(18)6-15(16)19)24-14-8-12(22-2)7-13(9-14)23-3/h4-10H,1-3H3,(H,20,21)/t10-/m0/s1. The van der Waals surface area contributed by atoms with Crippen LogP contribution in [0.25, 0.3) is 0 Å². The number of carbonyl (C=O) groups excluding carboxylic acids is 1. The molecule has 0 saturated heterocycles. The molecule has 0 bridgehead atoms. The van der Waals surface area contributed by atoms with Crippen LogP contribution in [0.3, 0.4) is 0 Å². The molecular formula is C17H17Cl2NO4. The minimum atomic E-state index is -0.756. The third-order valence-electron chi connectivity index (χ3n) is 3.20. The zero-order valence-corrected chi connectivity index (χ0v) is 14.9. The van der Waals surface area contributed by atoms with E-state index in [1.165, 1.54) is 14.2 Å². The molecule has 7 heteroatoms. The first kappa shape index (κ1) is 18.2. The fraction of sp³-hybridized carbons (Fsp3) is 0.235. The number of amides is 1. The van der Waals surface area contributed by atoms with Gasteiger partial charge < -0.3 is 19.5 Å². The number of carbonyl (C=O) groups is 1. The van der Waals surface area contributed by atoms with Crippen molar-refractivity contribution in [2.45, 2.75) is 13.0 Å². The highest BCUT2D eigenvalue weighted by Gasteiger charge is 2.17. The molecule has 2 aromatic rings. The van der Waals surface area contributed by atoms with Crippen LogP contribution in [-0.4, -0.2) is 26.2 Å². The molecule has 0 aliphatic heterocycles. The zero-order valence-electron chi connectivity index (χ0n) is 13.4. The average molecular weight is 370 g/mol. The number of benzene rings is 2. The summed E-state index contributed by atoms with van der Waals surface area (Å²) in [6, 6.07) is 9.87. The van der Waals surface area contributed by atoms with Crippen molar-refractivity contribution in [3.05, 3.63) is 46.4 Å². The number of hydrogen-bond donors (Lipinski definition) is 1. The Morgan fingerprint density at radius 2 is 1.58 bits per heavy atom. The van der Waals surface area contributed by atoms with Crippen LogP contribution < -0.4 is 19.5 Å². The van der Waals surface area contributed by atoms with E-state index < -0.39 is 6.10 Å². The molecule has 0 unspecified atom stereocenters. The monoisotopic (exact) mass is 369 g/mol. The van der Waals surface area contributed by atoms with Crippen LogP contribution in [0.1, 0.15) is 6.92 Å². The van der Waals surface area contributed by atoms with Crippen molar-refractivity contribution in [2.24, 2.45) is 0 Å². The van der Waals surface area contributed by atoms with Crippen molar-refractivity contribution >= 4 is 34.8 Å². The minimum Gasteiger partial charge on any atom is -0.496 e. The van der Waals surface area contributed by atoms with Gasteiger partial charge in [0.2, 0.25) is 0 Å². The van der Waals surface area contributed by atoms with Gasteiger partial charge in [0.05, 0.1) is 24.9 Å². The molecule has 0 aliphatic carbocycles. The summed E-state index contributed by atoms with van der Waals surface area (Å²) in [5.41, 5.74) is 0.463. The molecule has 0 saturated carbocycles.